The van der Waals surface area contributed by atoms with Crippen LogP contribution in [0, 0.1) is 0 Å². The van der Waals surface area contributed by atoms with Gasteiger partial charge in [0, 0.05) is 11.1 Å². The average molecular weight is 999 g/mol. The Kier molecular flexibility index (Phi) is 26.2. The third-order valence-electron chi connectivity index (χ3n) is 13.2. The molecule has 0 heterocycles. The molecule has 12 nitrogen and oxygen atoms in total. The minimum atomic E-state index is -0.100. The predicted octanol–water partition coefficient (Wildman–Crippen LogP) is 10.0. The molecule has 73 heavy (non-hydrogen) atoms. The minimum Gasteiger partial charge on any atom is -0.508 e. The molecule has 6 rings (SSSR count). The van der Waals surface area contributed by atoms with Crippen LogP contribution in [0.25, 0.3) is 0 Å². The van der Waals surface area contributed by atoms with Gasteiger partial charge in [-0.15, -0.1) is 0 Å². The van der Waals surface area contributed by atoms with Crippen molar-refractivity contribution in [1.82, 2.24) is 21.3 Å². The second-order valence-corrected chi connectivity index (χ2v) is 19.0. The summed E-state index contributed by atoms with van der Waals surface area (Å²) < 4.78 is 0. The SMILES string of the molecule is Oc1cccc(CCCc2c(CCNCCCCCCNCCc3ccccc3)ccc(O)c2O)c1.Oc1cccc(CCc2c(CCNCCCCCCNCCc3ccc(O)c(O)c3)ccc(O)c2O)c1. The van der Waals surface area contributed by atoms with Crippen LogP contribution in [-0.2, 0) is 51.4 Å². The van der Waals surface area contributed by atoms with Crippen LogP contribution >= 0.6 is 0 Å². The van der Waals surface area contributed by atoms with E-state index in [1.165, 1.54) is 43.7 Å². The average Bonchev–Trinajstić information content (AvgIpc) is 3.38. The summed E-state index contributed by atoms with van der Waals surface area (Å²) in [5.74, 6) is 0.133. The highest BCUT2D eigenvalue weighted by Gasteiger charge is 2.14. The largest absolute Gasteiger partial charge is 0.508 e. The van der Waals surface area contributed by atoms with Crippen molar-refractivity contribution < 1.29 is 40.9 Å². The Morgan fingerprint density at radius 3 is 1.18 bits per heavy atom. The maximum atomic E-state index is 10.4. The molecule has 6 aromatic carbocycles. The van der Waals surface area contributed by atoms with E-state index in [0.29, 0.717) is 19.3 Å². The van der Waals surface area contributed by atoms with Gasteiger partial charge in [0.15, 0.2) is 34.5 Å². The number of nitrogens with one attached hydrogen (secondary N) is 4. The molecular weight excluding hydrogens is 917 g/mol. The number of phenols is 8. The Hall–Kier alpha value is -6.44. The van der Waals surface area contributed by atoms with Crippen molar-refractivity contribution in [3.05, 3.63) is 166 Å². The van der Waals surface area contributed by atoms with E-state index in [1.54, 1.807) is 48.5 Å². The Balaban J connectivity index is 0.000000271. The fourth-order valence-corrected chi connectivity index (χ4v) is 9.01. The highest BCUT2D eigenvalue weighted by Crippen LogP contribution is 2.34. The number of unbranched alkanes of at least 4 members (excludes halogenated alkanes) is 6. The van der Waals surface area contributed by atoms with Crippen molar-refractivity contribution in [1.29, 1.82) is 0 Å². The van der Waals surface area contributed by atoms with Crippen molar-refractivity contribution in [3.8, 4) is 46.0 Å². The van der Waals surface area contributed by atoms with E-state index < -0.39 is 0 Å². The summed E-state index contributed by atoms with van der Waals surface area (Å²) in [5.41, 5.74) is 8.14. The van der Waals surface area contributed by atoms with Crippen LogP contribution in [0.5, 0.6) is 46.0 Å². The smallest absolute Gasteiger partial charge is 0.160 e. The van der Waals surface area contributed by atoms with Gasteiger partial charge in [-0.2, -0.15) is 0 Å². The van der Waals surface area contributed by atoms with E-state index in [4.69, 9.17) is 0 Å². The molecule has 0 aliphatic carbocycles. The highest BCUT2D eigenvalue weighted by atomic mass is 16.3. The Labute approximate surface area is 433 Å². The van der Waals surface area contributed by atoms with E-state index >= 15 is 0 Å². The maximum absolute atomic E-state index is 10.4. The van der Waals surface area contributed by atoms with Crippen LogP contribution < -0.4 is 21.3 Å². The molecule has 0 spiro atoms. The molecule has 394 valence electrons. The molecule has 12 N–H and O–H groups in total. The third kappa shape index (κ3) is 22.1. The van der Waals surface area contributed by atoms with Crippen molar-refractivity contribution in [2.75, 3.05) is 52.4 Å². The van der Waals surface area contributed by atoms with Crippen LogP contribution in [0.1, 0.15) is 102 Å². The van der Waals surface area contributed by atoms with Gasteiger partial charge in [0.2, 0.25) is 0 Å². The number of benzene rings is 6. The topological polar surface area (TPSA) is 210 Å². The molecule has 0 saturated carbocycles. The predicted molar refractivity (Wildman–Crippen MR) is 295 cm³/mol. The number of hydrogen-bond donors (Lipinski definition) is 12. The van der Waals surface area contributed by atoms with Crippen LogP contribution in [-0.4, -0.2) is 93.2 Å². The summed E-state index contributed by atoms with van der Waals surface area (Å²) in [4.78, 5) is 0. The van der Waals surface area contributed by atoms with Crippen molar-refractivity contribution in [3.63, 3.8) is 0 Å². The first-order chi connectivity index (χ1) is 35.6. The quantitative estimate of drug-likeness (QED) is 0.0137. The van der Waals surface area contributed by atoms with Crippen LogP contribution in [0.4, 0.5) is 0 Å². The molecule has 0 bridgehead atoms. The summed E-state index contributed by atoms with van der Waals surface area (Å²) in [6, 6.07) is 36.9. The van der Waals surface area contributed by atoms with E-state index in [0.717, 1.165) is 149 Å². The molecule has 0 aromatic heterocycles. The second-order valence-electron chi connectivity index (χ2n) is 19.0. The van der Waals surface area contributed by atoms with Crippen molar-refractivity contribution >= 4 is 0 Å². The normalized spacial score (nSPS) is 11.1. The van der Waals surface area contributed by atoms with E-state index in [1.807, 2.05) is 36.4 Å². The Morgan fingerprint density at radius 2 is 0.685 bits per heavy atom. The van der Waals surface area contributed by atoms with Crippen LogP contribution in [0.2, 0.25) is 0 Å². The first kappa shape index (κ1) is 57.5. The van der Waals surface area contributed by atoms with Crippen molar-refractivity contribution in [2.45, 2.75) is 109 Å². The Bertz CT molecular complexity index is 2490. The summed E-state index contributed by atoms with van der Waals surface area (Å²) in [5, 5.41) is 93.0. The van der Waals surface area contributed by atoms with Gasteiger partial charge in [0.1, 0.15) is 11.5 Å². The molecule has 0 aliphatic heterocycles. The first-order valence-electron chi connectivity index (χ1n) is 26.6. The molecule has 0 aliphatic rings. The molecule has 0 fully saturated rings. The monoisotopic (exact) mass is 999 g/mol. The van der Waals surface area contributed by atoms with E-state index in [9.17, 15) is 40.9 Å². The molecule has 0 atom stereocenters. The van der Waals surface area contributed by atoms with Gasteiger partial charge in [-0.25, -0.2) is 0 Å². The van der Waals surface area contributed by atoms with Gasteiger partial charge < -0.3 is 62.1 Å². The second kappa shape index (κ2) is 33.3. The number of hydrogen-bond acceptors (Lipinski definition) is 12. The zero-order valence-electron chi connectivity index (χ0n) is 42.8. The zero-order valence-corrected chi connectivity index (χ0v) is 42.8. The van der Waals surface area contributed by atoms with Gasteiger partial charge in [0.25, 0.3) is 0 Å². The summed E-state index contributed by atoms with van der Waals surface area (Å²) in [6.45, 7) is 7.53. The molecule has 0 amide bonds. The first-order valence-corrected chi connectivity index (χ1v) is 26.6. The molecule has 0 radical (unpaired) electrons. The lowest BCUT2D eigenvalue weighted by Gasteiger charge is -2.14. The highest BCUT2D eigenvalue weighted by molar-refractivity contribution is 5.50. The summed E-state index contributed by atoms with van der Waals surface area (Å²) in [7, 11) is 0. The van der Waals surface area contributed by atoms with Gasteiger partial charge in [-0.3, -0.25) is 0 Å². The standard InChI is InChI=1S/C31H42N2O3.C30H40N2O5/c34-28-14-8-12-26(24-28)13-9-15-29-27(16-17-30(35)31(29)36)19-23-33-21-7-2-1-6-20-32-22-18-25-10-4-3-5-11-25;33-25-7-5-6-22(20-25)8-11-26-24(10-13-28(35)30(26)37)15-19-32-17-4-2-1-3-16-31-18-14-23-9-12-27(34)29(36)21-23/h3-5,8,10-12,14,16-17,24,32-36H,1-2,6-7,9,13,15,18-23H2;5-7,9-10,12-13,20-21,31-37H,1-4,8,11,14-19H2. The van der Waals surface area contributed by atoms with Gasteiger partial charge in [0.05, 0.1) is 0 Å². The minimum absolute atomic E-state index is 0.000729. The fourth-order valence-electron chi connectivity index (χ4n) is 9.01. The lowest BCUT2D eigenvalue weighted by Crippen LogP contribution is -2.20. The molecule has 12 heteroatoms. The van der Waals surface area contributed by atoms with E-state index in [2.05, 4.69) is 51.6 Å². The van der Waals surface area contributed by atoms with Crippen molar-refractivity contribution in [2.24, 2.45) is 0 Å². The van der Waals surface area contributed by atoms with Gasteiger partial charge in [-0.1, -0.05) is 98.5 Å². The number of aryl methyl sites for hydroxylation is 2. The third-order valence-corrected chi connectivity index (χ3v) is 13.2. The van der Waals surface area contributed by atoms with Crippen LogP contribution in [0.3, 0.4) is 0 Å². The molecule has 6 aromatic rings. The number of aromatic hydroxyl groups is 8. The lowest BCUT2D eigenvalue weighted by atomic mass is 9.96. The van der Waals surface area contributed by atoms with Crippen LogP contribution in [0.15, 0.2) is 121 Å². The number of rotatable bonds is 33. The zero-order chi connectivity index (χ0) is 51.9. The lowest BCUT2D eigenvalue weighted by molar-refractivity contribution is 0.398. The Morgan fingerprint density at radius 1 is 0.260 bits per heavy atom. The van der Waals surface area contributed by atoms with Gasteiger partial charge >= 0.3 is 0 Å². The molecule has 0 saturated heterocycles. The molecule has 0 unspecified atom stereocenters. The van der Waals surface area contributed by atoms with E-state index in [-0.39, 0.29) is 46.0 Å². The molecular formula is C61H82N4O8. The van der Waals surface area contributed by atoms with Gasteiger partial charge in [-0.05, 0) is 218 Å². The fraction of sp³-hybridized carbons (Fsp3) is 0.410. The summed E-state index contributed by atoms with van der Waals surface area (Å²) >= 11 is 0. The maximum Gasteiger partial charge on any atom is 0.160 e. The number of phenolic OH excluding ortho intramolecular Hbond substituents is 8. The summed E-state index contributed by atoms with van der Waals surface area (Å²) in [6.07, 6.45) is 16.5.